The second-order valence-corrected chi connectivity index (χ2v) is 5.62. The normalized spacial score (nSPS) is 10.4. The number of rotatable bonds is 7. The van der Waals surface area contributed by atoms with Crippen LogP contribution in [0.4, 0.5) is 5.69 Å². The van der Waals surface area contributed by atoms with Crippen molar-refractivity contribution in [3.05, 3.63) is 36.4 Å². The Morgan fingerprint density at radius 2 is 1.91 bits per heavy atom. The van der Waals surface area contributed by atoms with E-state index in [1.165, 1.54) is 0 Å². The van der Waals surface area contributed by atoms with Gasteiger partial charge in [-0.1, -0.05) is 24.3 Å². The first kappa shape index (κ1) is 16.2. The lowest BCUT2D eigenvalue weighted by molar-refractivity contribution is -0.139. The summed E-state index contributed by atoms with van der Waals surface area (Å²) in [5.41, 5.74) is 0.698. The standard InChI is InChI=1S/C16H17NO4S/c1-22-9-8-15(18)17-13-6-7-14(21-10-16(19)20)12-5-3-2-4-11(12)13/h2-7H,8-10H2,1H3,(H,17,18)(H,19,20). The number of aliphatic carboxylic acids is 1. The maximum Gasteiger partial charge on any atom is 0.341 e. The number of amides is 1. The van der Waals surface area contributed by atoms with Gasteiger partial charge >= 0.3 is 5.97 Å². The molecule has 0 bridgehead atoms. The van der Waals surface area contributed by atoms with Crippen molar-refractivity contribution in [2.45, 2.75) is 6.42 Å². The van der Waals surface area contributed by atoms with Crippen molar-refractivity contribution in [2.75, 3.05) is 23.9 Å². The molecule has 0 saturated heterocycles. The van der Waals surface area contributed by atoms with Crippen molar-refractivity contribution >= 4 is 40.1 Å². The molecular formula is C16H17NO4S. The van der Waals surface area contributed by atoms with E-state index in [2.05, 4.69) is 5.32 Å². The minimum Gasteiger partial charge on any atom is -0.481 e. The number of ether oxygens (including phenoxy) is 1. The van der Waals surface area contributed by atoms with Gasteiger partial charge in [0, 0.05) is 28.6 Å². The van der Waals surface area contributed by atoms with E-state index in [9.17, 15) is 9.59 Å². The largest absolute Gasteiger partial charge is 0.481 e. The van der Waals surface area contributed by atoms with Crippen molar-refractivity contribution in [3.63, 3.8) is 0 Å². The average Bonchev–Trinajstić information content (AvgIpc) is 2.52. The molecule has 0 aliphatic rings. The van der Waals surface area contributed by atoms with E-state index in [-0.39, 0.29) is 5.91 Å². The van der Waals surface area contributed by atoms with Crippen LogP contribution in [-0.4, -0.2) is 35.6 Å². The van der Waals surface area contributed by atoms with Crippen LogP contribution >= 0.6 is 11.8 Å². The van der Waals surface area contributed by atoms with Crippen LogP contribution in [0.5, 0.6) is 5.75 Å². The van der Waals surface area contributed by atoms with Gasteiger partial charge in [0.25, 0.3) is 0 Å². The summed E-state index contributed by atoms with van der Waals surface area (Å²) in [5.74, 6) is 0.182. The molecule has 0 radical (unpaired) electrons. The molecule has 2 N–H and O–H groups in total. The Hall–Kier alpha value is -2.21. The van der Waals surface area contributed by atoms with E-state index in [4.69, 9.17) is 9.84 Å². The predicted octanol–water partition coefficient (Wildman–Crippen LogP) is 2.99. The molecule has 22 heavy (non-hydrogen) atoms. The number of benzene rings is 2. The molecule has 0 spiro atoms. The van der Waals surface area contributed by atoms with E-state index in [0.717, 1.165) is 16.5 Å². The van der Waals surface area contributed by atoms with Gasteiger partial charge in [-0.25, -0.2) is 4.79 Å². The van der Waals surface area contributed by atoms with Crippen LogP contribution in [0.2, 0.25) is 0 Å². The highest BCUT2D eigenvalue weighted by Gasteiger charge is 2.10. The molecule has 0 fully saturated rings. The molecule has 0 aliphatic heterocycles. The van der Waals surface area contributed by atoms with Gasteiger partial charge in [-0.2, -0.15) is 11.8 Å². The average molecular weight is 319 g/mol. The zero-order valence-corrected chi connectivity index (χ0v) is 13.0. The molecule has 2 aromatic rings. The molecule has 116 valence electrons. The van der Waals surface area contributed by atoms with Crippen LogP contribution in [0.15, 0.2) is 36.4 Å². The number of carbonyl (C=O) groups is 2. The molecule has 0 unspecified atom stereocenters. The van der Waals surface area contributed by atoms with Crippen molar-refractivity contribution in [3.8, 4) is 5.75 Å². The Kier molecular flexibility index (Phi) is 5.66. The lowest BCUT2D eigenvalue weighted by Gasteiger charge is -2.12. The van der Waals surface area contributed by atoms with Crippen molar-refractivity contribution in [2.24, 2.45) is 0 Å². The van der Waals surface area contributed by atoms with E-state index < -0.39 is 12.6 Å². The molecule has 2 aromatic carbocycles. The highest BCUT2D eigenvalue weighted by molar-refractivity contribution is 7.98. The van der Waals surface area contributed by atoms with E-state index >= 15 is 0 Å². The Balaban J connectivity index is 2.27. The topological polar surface area (TPSA) is 75.6 Å². The summed E-state index contributed by atoms with van der Waals surface area (Å²) >= 11 is 1.62. The maximum absolute atomic E-state index is 11.9. The van der Waals surface area contributed by atoms with E-state index in [1.807, 2.05) is 30.5 Å². The van der Waals surface area contributed by atoms with E-state index in [0.29, 0.717) is 17.9 Å². The van der Waals surface area contributed by atoms with Gasteiger partial charge in [0.15, 0.2) is 6.61 Å². The SMILES string of the molecule is CSCCC(=O)Nc1ccc(OCC(=O)O)c2ccccc12. The Morgan fingerprint density at radius 3 is 2.59 bits per heavy atom. The van der Waals surface area contributed by atoms with Gasteiger partial charge in [0.1, 0.15) is 5.75 Å². The van der Waals surface area contributed by atoms with Crippen LogP contribution in [0, 0.1) is 0 Å². The summed E-state index contributed by atoms with van der Waals surface area (Å²) in [4.78, 5) is 22.5. The van der Waals surface area contributed by atoms with Crippen LogP contribution in [0.3, 0.4) is 0 Å². The van der Waals surface area contributed by atoms with Gasteiger partial charge < -0.3 is 15.2 Å². The summed E-state index contributed by atoms with van der Waals surface area (Å²) in [7, 11) is 0. The third kappa shape index (κ3) is 4.14. The third-order valence-electron chi connectivity index (χ3n) is 3.04. The molecule has 5 nitrogen and oxygen atoms in total. The summed E-state index contributed by atoms with van der Waals surface area (Å²) in [6.45, 7) is -0.399. The summed E-state index contributed by atoms with van der Waals surface area (Å²) in [6, 6.07) is 10.8. The zero-order valence-electron chi connectivity index (χ0n) is 12.2. The summed E-state index contributed by atoms with van der Waals surface area (Å²) in [5, 5.41) is 13.2. The fourth-order valence-corrected chi connectivity index (χ4v) is 2.44. The van der Waals surface area contributed by atoms with Crippen molar-refractivity contribution < 1.29 is 19.4 Å². The number of nitrogens with one attached hydrogen (secondary N) is 1. The number of carbonyl (C=O) groups excluding carboxylic acids is 1. The first-order chi connectivity index (χ1) is 10.6. The lowest BCUT2D eigenvalue weighted by atomic mass is 10.1. The number of fused-ring (bicyclic) bond motifs is 1. The number of thioether (sulfide) groups is 1. The molecule has 0 heterocycles. The van der Waals surface area contributed by atoms with Gasteiger partial charge in [-0.15, -0.1) is 0 Å². The van der Waals surface area contributed by atoms with Crippen LogP contribution in [-0.2, 0) is 9.59 Å². The number of carboxylic acid groups (broad SMARTS) is 1. The van der Waals surface area contributed by atoms with Gasteiger partial charge in [0.2, 0.25) is 5.91 Å². The van der Waals surface area contributed by atoms with Crippen molar-refractivity contribution in [1.82, 2.24) is 0 Å². The molecular weight excluding hydrogens is 302 g/mol. The van der Waals surface area contributed by atoms with Crippen LogP contribution in [0.1, 0.15) is 6.42 Å². The third-order valence-corrected chi connectivity index (χ3v) is 3.65. The number of hydrogen-bond donors (Lipinski definition) is 2. The molecule has 0 atom stereocenters. The Morgan fingerprint density at radius 1 is 1.18 bits per heavy atom. The Labute approximate surface area is 132 Å². The second-order valence-electron chi connectivity index (χ2n) is 4.63. The quantitative estimate of drug-likeness (QED) is 0.820. The van der Waals surface area contributed by atoms with E-state index in [1.54, 1.807) is 23.9 Å². The highest BCUT2D eigenvalue weighted by Crippen LogP contribution is 2.31. The van der Waals surface area contributed by atoms with Crippen LogP contribution < -0.4 is 10.1 Å². The minimum absolute atomic E-state index is 0.0429. The van der Waals surface area contributed by atoms with Gasteiger partial charge in [-0.3, -0.25) is 4.79 Å². The minimum atomic E-state index is -1.03. The molecule has 0 aromatic heterocycles. The van der Waals surface area contributed by atoms with Crippen molar-refractivity contribution in [1.29, 1.82) is 0 Å². The molecule has 1 amide bonds. The summed E-state index contributed by atoms with van der Waals surface area (Å²) < 4.78 is 5.29. The van der Waals surface area contributed by atoms with Crippen LogP contribution in [0.25, 0.3) is 10.8 Å². The fourth-order valence-electron chi connectivity index (χ4n) is 2.05. The molecule has 2 rings (SSSR count). The monoisotopic (exact) mass is 319 g/mol. The fraction of sp³-hybridized carbons (Fsp3) is 0.250. The highest BCUT2D eigenvalue weighted by atomic mass is 32.2. The zero-order chi connectivity index (χ0) is 15.9. The first-order valence-electron chi connectivity index (χ1n) is 6.77. The molecule has 0 saturated carbocycles. The molecule has 6 heteroatoms. The Bertz CT molecular complexity index is 687. The number of anilines is 1. The first-order valence-corrected chi connectivity index (χ1v) is 8.16. The van der Waals surface area contributed by atoms with Gasteiger partial charge in [-0.05, 0) is 18.4 Å². The van der Waals surface area contributed by atoms with Gasteiger partial charge in [0.05, 0.1) is 0 Å². The maximum atomic E-state index is 11.9. The smallest absolute Gasteiger partial charge is 0.341 e. The predicted molar refractivity (Wildman–Crippen MR) is 88.7 cm³/mol. The second kappa shape index (κ2) is 7.70. The summed E-state index contributed by atoms with van der Waals surface area (Å²) in [6.07, 6.45) is 2.41. The number of carboxylic acids is 1. The number of hydrogen-bond acceptors (Lipinski definition) is 4. The lowest BCUT2D eigenvalue weighted by Crippen LogP contribution is -2.13. The molecule has 0 aliphatic carbocycles.